The molecule has 0 amide bonds. The molecule has 0 aromatic heterocycles. The van der Waals surface area contributed by atoms with Crippen molar-refractivity contribution in [1.82, 2.24) is 0 Å². The van der Waals surface area contributed by atoms with Gasteiger partial charge in [0.1, 0.15) is 0 Å². The van der Waals surface area contributed by atoms with E-state index < -0.39 is 0 Å². The minimum absolute atomic E-state index is 0.547. The first kappa shape index (κ1) is 10.1. The van der Waals surface area contributed by atoms with Gasteiger partial charge in [-0.15, -0.1) is 0 Å². The summed E-state index contributed by atoms with van der Waals surface area (Å²) in [6.45, 7) is 5.29. The molecule has 2 rings (SSSR count). The Hall–Kier alpha value is -0.470. The number of aryl methyl sites for hydroxylation is 2. The molecule has 1 fully saturated rings. The minimum atomic E-state index is 0.547. The van der Waals surface area contributed by atoms with Crippen LogP contribution in [-0.2, 0) is 10.5 Å². The van der Waals surface area contributed by atoms with Crippen molar-refractivity contribution in [2.75, 3.05) is 12.4 Å². The van der Waals surface area contributed by atoms with Crippen LogP contribution in [0.25, 0.3) is 0 Å². The molecule has 1 unspecified atom stereocenters. The van der Waals surface area contributed by atoms with Crippen molar-refractivity contribution in [3.63, 3.8) is 0 Å². The summed E-state index contributed by atoms with van der Waals surface area (Å²) < 4.78 is 5.17. The molecule has 1 aliphatic heterocycles. The molecule has 0 spiro atoms. The lowest BCUT2D eigenvalue weighted by Gasteiger charge is -2.03. The predicted molar refractivity (Wildman–Crippen MR) is 61.8 cm³/mol. The van der Waals surface area contributed by atoms with Crippen LogP contribution in [-0.4, -0.2) is 18.5 Å². The summed E-state index contributed by atoms with van der Waals surface area (Å²) in [4.78, 5) is 0. The second kappa shape index (κ2) is 4.37. The van der Waals surface area contributed by atoms with Crippen molar-refractivity contribution in [2.24, 2.45) is 0 Å². The third-order valence-corrected chi connectivity index (χ3v) is 3.40. The molecule has 2 heteroatoms. The van der Waals surface area contributed by atoms with Gasteiger partial charge in [0.05, 0.1) is 12.7 Å². The largest absolute Gasteiger partial charge is 0.372 e. The van der Waals surface area contributed by atoms with E-state index in [0.717, 1.165) is 18.1 Å². The monoisotopic (exact) mass is 208 g/mol. The fraction of sp³-hybridized carbons (Fsp3) is 0.500. The normalized spacial score (nSPS) is 19.7. The molecular weight excluding hydrogens is 192 g/mol. The lowest BCUT2D eigenvalue weighted by molar-refractivity contribution is 0.426. The second-order valence-corrected chi connectivity index (χ2v) is 5.00. The van der Waals surface area contributed by atoms with Crippen LogP contribution < -0.4 is 0 Å². The van der Waals surface area contributed by atoms with Gasteiger partial charge in [0.15, 0.2) is 0 Å². The first-order valence-corrected chi connectivity index (χ1v) is 6.16. The molecular formula is C12H16OS. The minimum Gasteiger partial charge on any atom is -0.372 e. The average Bonchev–Trinajstić information content (AvgIpc) is 2.86. The van der Waals surface area contributed by atoms with Gasteiger partial charge in [-0.1, -0.05) is 29.3 Å². The van der Waals surface area contributed by atoms with E-state index in [9.17, 15) is 0 Å². The SMILES string of the molecule is Cc1cc(C)cc(CSCC2CO2)c1. The Morgan fingerprint density at radius 3 is 2.50 bits per heavy atom. The molecule has 0 radical (unpaired) electrons. The Morgan fingerprint density at radius 2 is 1.93 bits per heavy atom. The quantitative estimate of drug-likeness (QED) is 0.705. The Morgan fingerprint density at radius 1 is 1.29 bits per heavy atom. The Balaban J connectivity index is 1.87. The van der Waals surface area contributed by atoms with Crippen LogP contribution in [0.4, 0.5) is 0 Å². The van der Waals surface area contributed by atoms with E-state index in [4.69, 9.17) is 4.74 Å². The Bertz CT molecular complexity index is 298. The van der Waals surface area contributed by atoms with Gasteiger partial charge in [-0.05, 0) is 19.4 Å². The van der Waals surface area contributed by atoms with Crippen LogP contribution in [0.15, 0.2) is 18.2 Å². The third kappa shape index (κ3) is 3.03. The second-order valence-electron chi connectivity index (χ2n) is 3.97. The highest BCUT2D eigenvalue weighted by Crippen LogP contribution is 2.20. The first-order valence-electron chi connectivity index (χ1n) is 5.00. The highest BCUT2D eigenvalue weighted by molar-refractivity contribution is 7.98. The van der Waals surface area contributed by atoms with Gasteiger partial charge in [0.25, 0.3) is 0 Å². The topological polar surface area (TPSA) is 12.5 Å². The molecule has 0 aliphatic carbocycles. The highest BCUT2D eigenvalue weighted by atomic mass is 32.2. The van der Waals surface area contributed by atoms with Crippen molar-refractivity contribution in [3.8, 4) is 0 Å². The molecule has 0 N–H and O–H groups in total. The zero-order valence-electron chi connectivity index (χ0n) is 8.75. The summed E-state index contributed by atoms with van der Waals surface area (Å²) in [5.41, 5.74) is 4.17. The average molecular weight is 208 g/mol. The summed E-state index contributed by atoms with van der Waals surface area (Å²) in [6.07, 6.45) is 0.547. The summed E-state index contributed by atoms with van der Waals surface area (Å²) in [6, 6.07) is 6.76. The van der Waals surface area contributed by atoms with Crippen molar-refractivity contribution in [1.29, 1.82) is 0 Å². The number of rotatable bonds is 4. The standard InChI is InChI=1S/C12H16OS/c1-9-3-10(2)5-11(4-9)7-14-8-12-6-13-12/h3-5,12H,6-8H2,1-2H3. The summed E-state index contributed by atoms with van der Waals surface area (Å²) in [7, 11) is 0. The lowest BCUT2D eigenvalue weighted by atomic mass is 10.1. The van der Waals surface area contributed by atoms with Crippen LogP contribution in [0.2, 0.25) is 0 Å². The number of hydrogen-bond donors (Lipinski definition) is 0. The van der Waals surface area contributed by atoms with Crippen LogP contribution in [0, 0.1) is 13.8 Å². The van der Waals surface area contributed by atoms with Crippen LogP contribution in [0.1, 0.15) is 16.7 Å². The van der Waals surface area contributed by atoms with Crippen LogP contribution >= 0.6 is 11.8 Å². The molecule has 76 valence electrons. The third-order valence-electron chi connectivity index (χ3n) is 2.26. The zero-order valence-corrected chi connectivity index (χ0v) is 9.56. The Kier molecular flexibility index (Phi) is 3.14. The first-order chi connectivity index (χ1) is 6.74. The van der Waals surface area contributed by atoms with Gasteiger partial charge in [0, 0.05) is 11.5 Å². The highest BCUT2D eigenvalue weighted by Gasteiger charge is 2.21. The van der Waals surface area contributed by atoms with Gasteiger partial charge < -0.3 is 4.74 Å². The molecule has 0 saturated carbocycles. The fourth-order valence-corrected chi connectivity index (χ4v) is 2.60. The molecule has 1 atom stereocenters. The van der Waals surface area contributed by atoms with Gasteiger partial charge in [0.2, 0.25) is 0 Å². The van der Waals surface area contributed by atoms with Gasteiger partial charge in [-0.2, -0.15) is 11.8 Å². The van der Waals surface area contributed by atoms with E-state index in [2.05, 4.69) is 32.0 Å². The molecule has 1 aromatic rings. The van der Waals surface area contributed by atoms with Crippen LogP contribution in [0.3, 0.4) is 0 Å². The molecule has 1 aromatic carbocycles. The van der Waals surface area contributed by atoms with E-state index in [-0.39, 0.29) is 0 Å². The lowest BCUT2D eigenvalue weighted by Crippen LogP contribution is -1.91. The Labute approximate surface area is 89.9 Å². The number of hydrogen-bond acceptors (Lipinski definition) is 2. The maximum Gasteiger partial charge on any atom is 0.0900 e. The van der Waals surface area contributed by atoms with E-state index in [1.807, 2.05) is 11.8 Å². The zero-order chi connectivity index (χ0) is 9.97. The molecule has 1 saturated heterocycles. The number of epoxide rings is 1. The number of benzene rings is 1. The maximum absolute atomic E-state index is 5.17. The van der Waals surface area contributed by atoms with Gasteiger partial charge >= 0.3 is 0 Å². The maximum atomic E-state index is 5.17. The van der Waals surface area contributed by atoms with Gasteiger partial charge in [-0.3, -0.25) is 0 Å². The molecule has 1 aliphatic rings. The van der Waals surface area contributed by atoms with E-state index in [0.29, 0.717) is 6.10 Å². The number of thioether (sulfide) groups is 1. The summed E-state index contributed by atoms with van der Waals surface area (Å²) >= 11 is 1.97. The molecule has 1 heterocycles. The number of ether oxygens (including phenoxy) is 1. The van der Waals surface area contributed by atoms with Crippen molar-refractivity contribution < 1.29 is 4.74 Å². The van der Waals surface area contributed by atoms with Gasteiger partial charge in [-0.25, -0.2) is 0 Å². The summed E-state index contributed by atoms with van der Waals surface area (Å²) in [5, 5.41) is 0. The summed E-state index contributed by atoms with van der Waals surface area (Å²) in [5.74, 6) is 2.26. The van der Waals surface area contributed by atoms with E-state index in [1.54, 1.807) is 0 Å². The molecule has 0 bridgehead atoms. The molecule has 14 heavy (non-hydrogen) atoms. The molecule has 1 nitrogen and oxygen atoms in total. The van der Waals surface area contributed by atoms with Crippen LogP contribution in [0.5, 0.6) is 0 Å². The van der Waals surface area contributed by atoms with E-state index in [1.165, 1.54) is 16.7 Å². The van der Waals surface area contributed by atoms with Crippen molar-refractivity contribution in [2.45, 2.75) is 25.7 Å². The van der Waals surface area contributed by atoms with Crippen molar-refractivity contribution in [3.05, 3.63) is 34.9 Å². The fourth-order valence-electron chi connectivity index (χ4n) is 1.62. The van der Waals surface area contributed by atoms with E-state index >= 15 is 0 Å². The smallest absolute Gasteiger partial charge is 0.0900 e. The van der Waals surface area contributed by atoms with Crippen molar-refractivity contribution >= 4 is 11.8 Å². The predicted octanol–water partition coefficient (Wildman–Crippen LogP) is 2.94.